The van der Waals surface area contributed by atoms with Crippen molar-refractivity contribution in [1.29, 1.82) is 0 Å². The Morgan fingerprint density at radius 3 is 2.33 bits per heavy atom. The number of nitrogens with one attached hydrogen (secondary N) is 1. The van der Waals surface area contributed by atoms with Gasteiger partial charge in [-0.3, -0.25) is 9.69 Å². The van der Waals surface area contributed by atoms with Crippen LogP contribution >= 0.6 is 0 Å². The van der Waals surface area contributed by atoms with Crippen molar-refractivity contribution in [3.8, 4) is 0 Å². The molecule has 1 N–H and O–H groups in total. The molecule has 0 aromatic carbocycles. The molecule has 12 heavy (non-hydrogen) atoms. The van der Waals surface area contributed by atoms with Gasteiger partial charge in [0.05, 0.1) is 0 Å². The minimum absolute atomic E-state index is 0.0509. The van der Waals surface area contributed by atoms with Gasteiger partial charge in [0.1, 0.15) is 5.54 Å². The van der Waals surface area contributed by atoms with Gasteiger partial charge in [0.25, 0.3) is 5.91 Å². The second-order valence-electron chi connectivity index (χ2n) is 3.58. The van der Waals surface area contributed by atoms with Gasteiger partial charge in [0, 0.05) is 7.05 Å². The van der Waals surface area contributed by atoms with Crippen molar-refractivity contribution < 1.29 is 9.59 Å². The van der Waals surface area contributed by atoms with E-state index in [2.05, 4.69) is 5.32 Å². The van der Waals surface area contributed by atoms with Gasteiger partial charge in [-0.2, -0.15) is 0 Å². The molecule has 4 heteroatoms. The summed E-state index contributed by atoms with van der Waals surface area (Å²) in [7, 11) is 1.53. The molecule has 0 atom stereocenters. The fraction of sp³-hybridized carbons (Fsp3) is 0.750. The maximum Gasteiger partial charge on any atom is 0.324 e. The molecule has 4 nitrogen and oxygen atoms in total. The molecular formula is C8H12N2O2. The molecule has 1 aliphatic carbocycles. The highest BCUT2D eigenvalue weighted by atomic mass is 16.2. The van der Waals surface area contributed by atoms with Crippen LogP contribution in [0.15, 0.2) is 0 Å². The van der Waals surface area contributed by atoms with Crippen molar-refractivity contribution in [3.05, 3.63) is 0 Å². The molecule has 0 unspecified atom stereocenters. The first-order chi connectivity index (χ1) is 5.66. The van der Waals surface area contributed by atoms with Crippen molar-refractivity contribution in [1.82, 2.24) is 10.2 Å². The normalized spacial score (nSPS) is 26.9. The van der Waals surface area contributed by atoms with E-state index in [4.69, 9.17) is 0 Å². The largest absolute Gasteiger partial charge is 0.324 e. The number of hydrogen-bond donors (Lipinski definition) is 1. The maximum absolute atomic E-state index is 11.6. The third kappa shape index (κ3) is 0.777. The molecule has 3 amide bonds. The third-order valence-corrected chi connectivity index (χ3v) is 2.82. The smallest absolute Gasteiger partial charge is 0.323 e. The first-order valence-corrected chi connectivity index (χ1v) is 4.26. The Labute approximate surface area is 70.9 Å². The number of likely N-dealkylation sites (N-methyl/N-ethyl adjacent to an activating group) is 1. The van der Waals surface area contributed by atoms with Gasteiger partial charge in [-0.25, -0.2) is 4.79 Å². The predicted molar refractivity (Wildman–Crippen MR) is 42.5 cm³/mol. The second-order valence-corrected chi connectivity index (χ2v) is 3.58. The lowest BCUT2D eigenvalue weighted by Crippen LogP contribution is -2.43. The van der Waals surface area contributed by atoms with Crippen LogP contribution in [-0.2, 0) is 4.79 Å². The van der Waals surface area contributed by atoms with E-state index >= 15 is 0 Å². The van der Waals surface area contributed by atoms with Gasteiger partial charge < -0.3 is 5.32 Å². The molecule has 0 radical (unpaired) electrons. The van der Waals surface area contributed by atoms with Gasteiger partial charge in [0.15, 0.2) is 0 Å². The maximum atomic E-state index is 11.6. The van der Waals surface area contributed by atoms with E-state index in [0.29, 0.717) is 0 Å². The second kappa shape index (κ2) is 2.21. The highest BCUT2D eigenvalue weighted by molar-refractivity contribution is 6.06. The molecule has 1 saturated carbocycles. The lowest BCUT2D eigenvalue weighted by atomic mass is 9.98. The summed E-state index contributed by atoms with van der Waals surface area (Å²) in [6.45, 7) is 0. The zero-order valence-corrected chi connectivity index (χ0v) is 7.09. The molecule has 0 aromatic heterocycles. The van der Waals surface area contributed by atoms with Gasteiger partial charge in [-0.1, -0.05) is 12.8 Å². The SMILES string of the molecule is CN1C(=O)NC2(CCCC2)C1=O. The van der Waals surface area contributed by atoms with Crippen molar-refractivity contribution in [2.24, 2.45) is 0 Å². The predicted octanol–water partition coefficient (Wildman–Crippen LogP) is 0.481. The summed E-state index contributed by atoms with van der Waals surface area (Å²) < 4.78 is 0. The molecule has 66 valence electrons. The number of urea groups is 1. The number of amides is 3. The Bertz CT molecular complexity index is 243. The highest BCUT2D eigenvalue weighted by Gasteiger charge is 2.50. The Morgan fingerprint density at radius 1 is 1.33 bits per heavy atom. The highest BCUT2D eigenvalue weighted by Crippen LogP contribution is 2.34. The summed E-state index contributed by atoms with van der Waals surface area (Å²) in [6.07, 6.45) is 3.70. The van der Waals surface area contributed by atoms with Crippen LogP contribution in [0, 0.1) is 0 Å². The first kappa shape index (κ1) is 7.58. The number of nitrogens with zero attached hydrogens (tertiary/aromatic N) is 1. The molecule has 1 spiro atoms. The van der Waals surface area contributed by atoms with Crippen LogP contribution in [0.25, 0.3) is 0 Å². The summed E-state index contributed by atoms with van der Waals surface area (Å²) in [5.74, 6) is -0.0509. The lowest BCUT2D eigenvalue weighted by molar-refractivity contribution is -0.130. The molecule has 1 saturated heterocycles. The Balaban J connectivity index is 2.29. The van der Waals surface area contributed by atoms with Gasteiger partial charge in [-0.05, 0) is 12.8 Å². The fourth-order valence-corrected chi connectivity index (χ4v) is 2.07. The molecule has 2 rings (SSSR count). The molecule has 2 fully saturated rings. The fourth-order valence-electron chi connectivity index (χ4n) is 2.07. The number of hydrogen-bond acceptors (Lipinski definition) is 2. The molecular weight excluding hydrogens is 156 g/mol. The van der Waals surface area contributed by atoms with Crippen molar-refractivity contribution >= 4 is 11.9 Å². The Hall–Kier alpha value is -1.06. The zero-order chi connectivity index (χ0) is 8.77. The minimum atomic E-state index is -0.522. The van der Waals surface area contributed by atoms with Crippen LogP contribution in [0.1, 0.15) is 25.7 Å². The summed E-state index contributed by atoms with van der Waals surface area (Å²) in [5, 5.41) is 2.77. The molecule has 0 bridgehead atoms. The average Bonchev–Trinajstić information content (AvgIpc) is 2.57. The van der Waals surface area contributed by atoms with Crippen molar-refractivity contribution in [2.75, 3.05) is 7.05 Å². The standard InChI is InChI=1S/C8H12N2O2/c1-10-6(11)8(9-7(10)12)4-2-3-5-8/h2-5H2,1H3,(H,9,12). The van der Waals surface area contributed by atoms with Gasteiger partial charge >= 0.3 is 6.03 Å². The molecule has 2 aliphatic rings. The summed E-state index contributed by atoms with van der Waals surface area (Å²) >= 11 is 0. The van der Waals surface area contributed by atoms with E-state index in [0.717, 1.165) is 25.7 Å². The van der Waals surface area contributed by atoms with Gasteiger partial charge in [-0.15, -0.1) is 0 Å². The van der Waals surface area contributed by atoms with Crippen LogP contribution < -0.4 is 5.32 Å². The van der Waals surface area contributed by atoms with Crippen molar-refractivity contribution in [3.63, 3.8) is 0 Å². The minimum Gasteiger partial charge on any atom is -0.323 e. The zero-order valence-electron chi connectivity index (χ0n) is 7.09. The number of carbonyl (C=O) groups is 2. The van der Waals surface area contributed by atoms with Crippen molar-refractivity contribution in [2.45, 2.75) is 31.2 Å². The summed E-state index contributed by atoms with van der Waals surface area (Å²) in [5.41, 5.74) is -0.522. The van der Waals surface area contributed by atoms with E-state index in [1.807, 2.05) is 0 Å². The quantitative estimate of drug-likeness (QED) is 0.535. The monoisotopic (exact) mass is 168 g/mol. The van der Waals surface area contributed by atoms with E-state index < -0.39 is 5.54 Å². The van der Waals surface area contributed by atoms with Crippen LogP contribution in [0.3, 0.4) is 0 Å². The van der Waals surface area contributed by atoms with Crippen LogP contribution in [0.4, 0.5) is 4.79 Å². The van der Waals surface area contributed by atoms with Crippen LogP contribution in [0.2, 0.25) is 0 Å². The van der Waals surface area contributed by atoms with E-state index in [1.54, 1.807) is 0 Å². The number of rotatable bonds is 0. The summed E-state index contributed by atoms with van der Waals surface area (Å²) in [4.78, 5) is 23.9. The van der Waals surface area contributed by atoms with E-state index in [-0.39, 0.29) is 11.9 Å². The molecule has 1 aliphatic heterocycles. The van der Waals surface area contributed by atoms with E-state index in [1.165, 1.54) is 11.9 Å². The summed E-state index contributed by atoms with van der Waals surface area (Å²) in [6, 6.07) is -0.248. The molecule has 0 aromatic rings. The van der Waals surface area contributed by atoms with Crippen LogP contribution in [-0.4, -0.2) is 29.4 Å². The first-order valence-electron chi connectivity index (χ1n) is 4.26. The van der Waals surface area contributed by atoms with Crippen LogP contribution in [0.5, 0.6) is 0 Å². The average molecular weight is 168 g/mol. The Kier molecular flexibility index (Phi) is 1.40. The van der Waals surface area contributed by atoms with Gasteiger partial charge in [0.2, 0.25) is 0 Å². The Morgan fingerprint density at radius 2 is 1.92 bits per heavy atom. The lowest BCUT2D eigenvalue weighted by Gasteiger charge is -2.18. The van der Waals surface area contributed by atoms with E-state index in [9.17, 15) is 9.59 Å². The topological polar surface area (TPSA) is 49.4 Å². The molecule has 1 heterocycles. The third-order valence-electron chi connectivity index (χ3n) is 2.82. The number of imide groups is 1. The number of carbonyl (C=O) groups excluding carboxylic acids is 2.